The average molecular weight is 294 g/mol. The topological polar surface area (TPSA) is 52.3 Å². The summed E-state index contributed by atoms with van der Waals surface area (Å²) in [6.07, 6.45) is -0.0872. The molecule has 0 saturated carbocycles. The average Bonchev–Trinajstić information content (AvgIpc) is 2.29. The number of hydrogen-bond donors (Lipinski definition) is 1. The van der Waals surface area contributed by atoms with Crippen molar-refractivity contribution in [1.82, 2.24) is 0 Å². The van der Waals surface area contributed by atoms with Gasteiger partial charge in [0.1, 0.15) is 0 Å². The van der Waals surface area contributed by atoms with Gasteiger partial charge >= 0.3 is 6.09 Å². The van der Waals surface area contributed by atoms with E-state index in [9.17, 15) is 4.79 Å². The predicted octanol–water partition coefficient (Wildman–Crippen LogP) is 3.24. The Hall–Kier alpha value is -1.55. The van der Waals surface area contributed by atoms with Crippen LogP contribution in [0.5, 0.6) is 0 Å². The van der Waals surface area contributed by atoms with Crippen molar-refractivity contribution in [2.45, 2.75) is 6.42 Å². The van der Waals surface area contributed by atoms with Crippen molar-refractivity contribution < 1.29 is 9.53 Å². The number of hydrogen-bond acceptors (Lipinski definition) is 2. The molecular weight excluding hydrogens is 282 g/mol. The maximum absolute atomic E-state index is 10.5. The normalized spacial score (nSPS) is 10.4. The molecule has 88 valence electrons. The number of carbonyl (C=O) groups excluding carboxylic acids is 1. The molecule has 0 aliphatic rings. The zero-order valence-electron chi connectivity index (χ0n) is 9.15. The van der Waals surface area contributed by atoms with Crippen molar-refractivity contribution in [2.75, 3.05) is 6.61 Å². The number of nitrogens with two attached hydrogens (primary N) is 1. The molecule has 0 heterocycles. The van der Waals surface area contributed by atoms with Crippen LogP contribution in [0.3, 0.4) is 0 Å². The van der Waals surface area contributed by atoms with E-state index in [1.54, 1.807) is 0 Å². The largest absolute Gasteiger partial charge is 0.449 e. The van der Waals surface area contributed by atoms with Gasteiger partial charge in [-0.15, -0.1) is 0 Å². The first kappa shape index (κ1) is 11.9. The maximum Gasteiger partial charge on any atom is 0.404 e. The van der Waals surface area contributed by atoms with Crippen LogP contribution in [0.25, 0.3) is 10.8 Å². The molecule has 0 fully saturated rings. The zero-order valence-corrected chi connectivity index (χ0v) is 10.7. The van der Waals surface area contributed by atoms with Crippen LogP contribution in [0.15, 0.2) is 40.9 Å². The molecule has 2 aromatic carbocycles. The second kappa shape index (κ2) is 5.19. The van der Waals surface area contributed by atoms with E-state index in [1.165, 1.54) is 10.8 Å². The molecule has 4 heteroatoms. The second-order valence-electron chi connectivity index (χ2n) is 3.71. The standard InChI is InChI=1S/C13H12BrNO2/c14-12-8-10-4-2-1-3-9(10)7-11(12)5-6-17-13(15)16/h1-4,7-8H,5-6H2,(H2,15,16). The molecule has 0 saturated heterocycles. The van der Waals surface area contributed by atoms with Crippen LogP contribution in [0.2, 0.25) is 0 Å². The Balaban J connectivity index is 2.22. The summed E-state index contributed by atoms with van der Waals surface area (Å²) < 4.78 is 5.75. The molecule has 17 heavy (non-hydrogen) atoms. The van der Waals surface area contributed by atoms with Crippen LogP contribution in [-0.4, -0.2) is 12.7 Å². The van der Waals surface area contributed by atoms with Crippen molar-refractivity contribution in [1.29, 1.82) is 0 Å². The molecule has 3 nitrogen and oxygen atoms in total. The predicted molar refractivity (Wildman–Crippen MR) is 70.9 cm³/mol. The van der Waals surface area contributed by atoms with Crippen molar-refractivity contribution in [3.05, 3.63) is 46.4 Å². The highest BCUT2D eigenvalue weighted by Gasteiger charge is 2.03. The van der Waals surface area contributed by atoms with Crippen LogP contribution in [0, 0.1) is 0 Å². The lowest BCUT2D eigenvalue weighted by Gasteiger charge is -2.07. The molecule has 0 atom stereocenters. The van der Waals surface area contributed by atoms with Crippen LogP contribution in [0.1, 0.15) is 5.56 Å². The van der Waals surface area contributed by atoms with Gasteiger partial charge in [-0.2, -0.15) is 0 Å². The zero-order chi connectivity index (χ0) is 12.3. The highest BCUT2D eigenvalue weighted by atomic mass is 79.9. The van der Waals surface area contributed by atoms with Crippen LogP contribution in [0.4, 0.5) is 4.79 Å². The van der Waals surface area contributed by atoms with E-state index in [0.29, 0.717) is 13.0 Å². The summed E-state index contributed by atoms with van der Waals surface area (Å²) in [7, 11) is 0. The first-order valence-corrected chi connectivity index (χ1v) is 6.05. The first-order valence-electron chi connectivity index (χ1n) is 5.26. The smallest absolute Gasteiger partial charge is 0.404 e. The number of halogens is 1. The number of benzene rings is 2. The monoisotopic (exact) mass is 293 g/mol. The maximum atomic E-state index is 10.5. The van der Waals surface area contributed by atoms with Gasteiger partial charge in [-0.1, -0.05) is 40.2 Å². The van der Waals surface area contributed by atoms with E-state index >= 15 is 0 Å². The number of ether oxygens (including phenoxy) is 1. The highest BCUT2D eigenvalue weighted by molar-refractivity contribution is 9.10. The summed E-state index contributed by atoms with van der Waals surface area (Å²) >= 11 is 3.51. The molecule has 0 aromatic heterocycles. The summed E-state index contributed by atoms with van der Waals surface area (Å²) in [4.78, 5) is 10.5. The lowest BCUT2D eigenvalue weighted by atomic mass is 10.1. The molecule has 1 amide bonds. The molecule has 0 unspecified atom stereocenters. The third-order valence-corrected chi connectivity index (χ3v) is 3.27. The summed E-state index contributed by atoms with van der Waals surface area (Å²) in [6.45, 7) is 0.298. The molecule has 2 N–H and O–H groups in total. The minimum Gasteiger partial charge on any atom is -0.449 e. The highest BCUT2D eigenvalue weighted by Crippen LogP contribution is 2.24. The summed E-state index contributed by atoms with van der Waals surface area (Å²) in [5, 5.41) is 2.35. The van der Waals surface area contributed by atoms with E-state index in [4.69, 9.17) is 10.5 Å². The summed E-state index contributed by atoms with van der Waals surface area (Å²) in [6, 6.07) is 12.3. The van der Waals surface area contributed by atoms with Crippen LogP contribution < -0.4 is 5.73 Å². The van der Waals surface area contributed by atoms with Crippen LogP contribution in [-0.2, 0) is 11.2 Å². The number of rotatable bonds is 3. The third kappa shape index (κ3) is 2.97. The molecule has 2 aromatic rings. The Bertz CT molecular complexity index is 554. The fraction of sp³-hybridized carbons (Fsp3) is 0.154. The number of fused-ring (bicyclic) bond motifs is 1. The third-order valence-electron chi connectivity index (χ3n) is 2.53. The van der Waals surface area contributed by atoms with E-state index in [0.717, 1.165) is 10.0 Å². The van der Waals surface area contributed by atoms with Crippen molar-refractivity contribution >= 4 is 32.8 Å². The molecule has 0 spiro atoms. The molecule has 0 aliphatic carbocycles. The van der Waals surface area contributed by atoms with Gasteiger partial charge in [-0.25, -0.2) is 4.79 Å². The Labute approximate surface area is 108 Å². The Kier molecular flexibility index (Phi) is 3.64. The Morgan fingerprint density at radius 3 is 2.53 bits per heavy atom. The molecular formula is C13H12BrNO2. The second-order valence-corrected chi connectivity index (χ2v) is 4.56. The summed E-state index contributed by atoms with van der Waals surface area (Å²) in [5.74, 6) is 0. The molecule has 0 radical (unpaired) electrons. The Morgan fingerprint density at radius 1 is 1.24 bits per heavy atom. The van der Waals surface area contributed by atoms with Gasteiger partial charge in [0.05, 0.1) is 6.61 Å². The van der Waals surface area contributed by atoms with E-state index in [1.807, 2.05) is 12.1 Å². The van der Waals surface area contributed by atoms with Crippen molar-refractivity contribution in [2.24, 2.45) is 5.73 Å². The van der Waals surface area contributed by atoms with Gasteiger partial charge < -0.3 is 10.5 Å². The first-order chi connectivity index (χ1) is 8.16. The molecule has 0 aliphatic heterocycles. The van der Waals surface area contributed by atoms with Crippen molar-refractivity contribution in [3.63, 3.8) is 0 Å². The molecule has 2 rings (SSSR count). The van der Waals surface area contributed by atoms with E-state index < -0.39 is 6.09 Å². The van der Waals surface area contributed by atoms with Gasteiger partial charge in [0.2, 0.25) is 0 Å². The minimum absolute atomic E-state index is 0.298. The SMILES string of the molecule is NC(=O)OCCc1cc2ccccc2cc1Br. The lowest BCUT2D eigenvalue weighted by Crippen LogP contribution is -2.14. The van der Waals surface area contributed by atoms with Gasteiger partial charge in [-0.3, -0.25) is 0 Å². The fourth-order valence-corrected chi connectivity index (χ4v) is 2.27. The Morgan fingerprint density at radius 2 is 1.88 bits per heavy atom. The lowest BCUT2D eigenvalue weighted by molar-refractivity contribution is 0.158. The van der Waals surface area contributed by atoms with Crippen LogP contribution >= 0.6 is 15.9 Å². The van der Waals surface area contributed by atoms with Gasteiger partial charge in [0.25, 0.3) is 0 Å². The van der Waals surface area contributed by atoms with E-state index in [2.05, 4.69) is 40.2 Å². The van der Waals surface area contributed by atoms with Gasteiger partial charge in [0.15, 0.2) is 0 Å². The van der Waals surface area contributed by atoms with Gasteiger partial charge in [0, 0.05) is 10.9 Å². The summed E-state index contributed by atoms with van der Waals surface area (Å²) in [5.41, 5.74) is 6.01. The number of amides is 1. The van der Waals surface area contributed by atoms with Gasteiger partial charge in [-0.05, 0) is 28.5 Å². The number of primary amides is 1. The fourth-order valence-electron chi connectivity index (χ4n) is 1.71. The number of carbonyl (C=O) groups is 1. The minimum atomic E-state index is -0.734. The van der Waals surface area contributed by atoms with E-state index in [-0.39, 0.29) is 0 Å². The molecule has 0 bridgehead atoms. The quantitative estimate of drug-likeness (QED) is 0.944. The van der Waals surface area contributed by atoms with Crippen molar-refractivity contribution in [3.8, 4) is 0 Å².